The van der Waals surface area contributed by atoms with Crippen molar-refractivity contribution < 1.29 is 4.39 Å². The number of rotatable bonds is 3. The molecule has 0 spiro atoms. The molecule has 1 aliphatic rings. The molecular weight excluding hydrogens is 241 g/mol. The Morgan fingerprint density at radius 1 is 1.11 bits per heavy atom. The molecular formula is C15H16FN3. The van der Waals surface area contributed by atoms with Gasteiger partial charge in [0.2, 0.25) is 0 Å². The molecule has 1 aromatic carbocycles. The van der Waals surface area contributed by atoms with E-state index in [9.17, 15) is 4.39 Å². The Kier molecular flexibility index (Phi) is 3.40. The molecule has 2 aromatic rings. The predicted octanol–water partition coefficient (Wildman–Crippen LogP) is 3.36. The van der Waals surface area contributed by atoms with E-state index in [4.69, 9.17) is 0 Å². The Labute approximate surface area is 111 Å². The van der Waals surface area contributed by atoms with Gasteiger partial charge in [0, 0.05) is 24.4 Å². The maximum atomic E-state index is 13.0. The van der Waals surface area contributed by atoms with Crippen molar-refractivity contribution in [3.63, 3.8) is 0 Å². The summed E-state index contributed by atoms with van der Waals surface area (Å²) in [5.74, 6) is 1.05. The highest BCUT2D eigenvalue weighted by Gasteiger charge is 2.28. The van der Waals surface area contributed by atoms with E-state index < -0.39 is 0 Å². The first-order valence-corrected chi connectivity index (χ1v) is 6.61. The van der Waals surface area contributed by atoms with Crippen LogP contribution in [-0.2, 0) is 0 Å². The molecule has 0 aliphatic heterocycles. The highest BCUT2D eigenvalue weighted by Crippen LogP contribution is 2.36. The van der Waals surface area contributed by atoms with Crippen LogP contribution in [0.5, 0.6) is 0 Å². The van der Waals surface area contributed by atoms with E-state index in [1.165, 1.54) is 24.1 Å². The van der Waals surface area contributed by atoms with Crippen LogP contribution in [0.2, 0.25) is 0 Å². The molecule has 1 fully saturated rings. The summed E-state index contributed by atoms with van der Waals surface area (Å²) < 4.78 is 13.0. The lowest BCUT2D eigenvalue weighted by molar-refractivity contribution is 0.618. The molecule has 98 valence electrons. The molecule has 0 amide bonds. The number of aromatic nitrogens is 2. The Morgan fingerprint density at radius 2 is 1.95 bits per heavy atom. The second kappa shape index (κ2) is 5.34. The minimum Gasteiger partial charge on any atom is -0.365 e. The largest absolute Gasteiger partial charge is 0.365 e. The molecule has 1 saturated carbocycles. The van der Waals surface area contributed by atoms with Crippen molar-refractivity contribution >= 4 is 5.82 Å². The van der Waals surface area contributed by atoms with E-state index in [2.05, 4.69) is 15.3 Å². The van der Waals surface area contributed by atoms with Crippen LogP contribution in [-0.4, -0.2) is 16.0 Å². The molecule has 1 N–H and O–H groups in total. The van der Waals surface area contributed by atoms with Gasteiger partial charge in [-0.25, -0.2) is 9.37 Å². The number of benzene rings is 1. The number of halogens is 1. The summed E-state index contributed by atoms with van der Waals surface area (Å²) in [7, 11) is 0. The molecule has 0 radical (unpaired) electrons. The minimum absolute atomic E-state index is 0.180. The van der Waals surface area contributed by atoms with Gasteiger partial charge in [-0.05, 0) is 30.5 Å². The third kappa shape index (κ3) is 2.72. The van der Waals surface area contributed by atoms with Gasteiger partial charge in [0.1, 0.15) is 11.6 Å². The summed E-state index contributed by atoms with van der Waals surface area (Å²) in [6.45, 7) is 0. The van der Waals surface area contributed by atoms with Gasteiger partial charge in [0.25, 0.3) is 0 Å². The highest BCUT2D eigenvalue weighted by molar-refractivity contribution is 5.35. The van der Waals surface area contributed by atoms with Gasteiger partial charge in [-0.15, -0.1) is 0 Å². The zero-order valence-corrected chi connectivity index (χ0v) is 10.6. The molecule has 3 nitrogen and oxygen atoms in total. The topological polar surface area (TPSA) is 37.8 Å². The lowest BCUT2D eigenvalue weighted by atomic mass is 9.94. The molecule has 2 atom stereocenters. The van der Waals surface area contributed by atoms with E-state index in [-0.39, 0.29) is 5.82 Å². The van der Waals surface area contributed by atoms with Crippen LogP contribution in [0.3, 0.4) is 0 Å². The molecule has 4 heteroatoms. The first-order chi connectivity index (χ1) is 9.33. The monoisotopic (exact) mass is 257 g/mol. The van der Waals surface area contributed by atoms with Crippen LogP contribution in [0.15, 0.2) is 42.9 Å². The standard InChI is InChI=1S/C15H16FN3/c16-12-6-4-11(5-7-12)13-2-1-3-14(13)19-15-10-17-8-9-18-15/h4-10,13-14H,1-3H2,(H,18,19). The Balaban J connectivity index is 1.76. The summed E-state index contributed by atoms with van der Waals surface area (Å²) in [5.41, 5.74) is 1.19. The second-order valence-corrected chi connectivity index (χ2v) is 4.93. The maximum absolute atomic E-state index is 13.0. The van der Waals surface area contributed by atoms with Crippen LogP contribution in [0.25, 0.3) is 0 Å². The first-order valence-electron chi connectivity index (χ1n) is 6.61. The lowest BCUT2D eigenvalue weighted by Gasteiger charge is -2.21. The summed E-state index contributed by atoms with van der Waals surface area (Å²) in [5, 5.41) is 3.44. The second-order valence-electron chi connectivity index (χ2n) is 4.93. The zero-order chi connectivity index (χ0) is 13.1. The number of hydrogen-bond acceptors (Lipinski definition) is 3. The van der Waals surface area contributed by atoms with Crippen molar-refractivity contribution in [1.82, 2.24) is 9.97 Å². The van der Waals surface area contributed by atoms with Crippen LogP contribution in [0, 0.1) is 5.82 Å². The van der Waals surface area contributed by atoms with Crippen molar-refractivity contribution in [1.29, 1.82) is 0 Å². The molecule has 3 rings (SSSR count). The van der Waals surface area contributed by atoms with E-state index >= 15 is 0 Å². The average molecular weight is 257 g/mol. The summed E-state index contributed by atoms with van der Waals surface area (Å²) >= 11 is 0. The SMILES string of the molecule is Fc1ccc(C2CCCC2Nc2cnccn2)cc1. The number of hydrogen-bond donors (Lipinski definition) is 1. The first kappa shape index (κ1) is 12.1. The average Bonchev–Trinajstić information content (AvgIpc) is 2.89. The van der Waals surface area contributed by atoms with Gasteiger partial charge in [-0.2, -0.15) is 0 Å². The van der Waals surface area contributed by atoms with Crippen molar-refractivity contribution in [2.45, 2.75) is 31.2 Å². The van der Waals surface area contributed by atoms with E-state index in [0.29, 0.717) is 12.0 Å². The Hall–Kier alpha value is -1.97. The third-order valence-corrected chi connectivity index (χ3v) is 3.71. The molecule has 0 saturated heterocycles. The minimum atomic E-state index is -0.180. The Morgan fingerprint density at radius 3 is 2.68 bits per heavy atom. The lowest BCUT2D eigenvalue weighted by Crippen LogP contribution is -2.23. The van der Waals surface area contributed by atoms with E-state index in [1.54, 1.807) is 18.6 Å². The van der Waals surface area contributed by atoms with Crippen molar-refractivity contribution in [2.75, 3.05) is 5.32 Å². The molecule has 19 heavy (non-hydrogen) atoms. The van der Waals surface area contributed by atoms with Gasteiger partial charge in [-0.3, -0.25) is 4.98 Å². The molecule has 1 aromatic heterocycles. The van der Waals surface area contributed by atoms with Gasteiger partial charge in [0.05, 0.1) is 6.20 Å². The van der Waals surface area contributed by atoms with E-state index in [1.807, 2.05) is 12.1 Å². The molecule has 1 aliphatic carbocycles. The van der Waals surface area contributed by atoms with Crippen LogP contribution >= 0.6 is 0 Å². The summed E-state index contributed by atoms with van der Waals surface area (Å²) in [6, 6.07) is 7.19. The van der Waals surface area contributed by atoms with Crippen molar-refractivity contribution in [3.8, 4) is 0 Å². The predicted molar refractivity (Wildman–Crippen MR) is 72.4 cm³/mol. The number of nitrogens with one attached hydrogen (secondary N) is 1. The Bertz CT molecular complexity index is 527. The molecule has 1 heterocycles. The normalized spacial score (nSPS) is 22.4. The van der Waals surface area contributed by atoms with Gasteiger partial charge in [-0.1, -0.05) is 18.6 Å². The van der Waals surface area contributed by atoms with Gasteiger partial charge in [0.15, 0.2) is 0 Å². The van der Waals surface area contributed by atoms with Gasteiger partial charge < -0.3 is 5.32 Å². The van der Waals surface area contributed by atoms with Crippen molar-refractivity contribution in [3.05, 3.63) is 54.2 Å². The number of nitrogens with zero attached hydrogens (tertiary/aromatic N) is 2. The summed E-state index contributed by atoms with van der Waals surface area (Å²) in [6.07, 6.45) is 8.50. The fourth-order valence-corrected chi connectivity index (χ4v) is 2.81. The fraction of sp³-hybridized carbons (Fsp3) is 0.333. The summed E-state index contributed by atoms with van der Waals surface area (Å²) in [4.78, 5) is 8.31. The number of anilines is 1. The van der Waals surface area contributed by atoms with Gasteiger partial charge >= 0.3 is 0 Å². The fourth-order valence-electron chi connectivity index (χ4n) is 2.81. The quantitative estimate of drug-likeness (QED) is 0.916. The van der Waals surface area contributed by atoms with E-state index in [0.717, 1.165) is 18.7 Å². The highest BCUT2D eigenvalue weighted by atomic mass is 19.1. The smallest absolute Gasteiger partial charge is 0.144 e. The molecule has 2 unspecified atom stereocenters. The molecule has 0 bridgehead atoms. The third-order valence-electron chi connectivity index (χ3n) is 3.71. The van der Waals surface area contributed by atoms with Crippen LogP contribution < -0.4 is 5.32 Å². The zero-order valence-electron chi connectivity index (χ0n) is 10.6. The van der Waals surface area contributed by atoms with Crippen LogP contribution in [0.1, 0.15) is 30.7 Å². The van der Waals surface area contributed by atoms with Crippen LogP contribution in [0.4, 0.5) is 10.2 Å². The van der Waals surface area contributed by atoms with Crippen molar-refractivity contribution in [2.24, 2.45) is 0 Å². The maximum Gasteiger partial charge on any atom is 0.144 e.